The smallest absolute Gasteiger partial charge is 0.351 e. The SMILES string of the molecule is Nc1ccn(C2CC(O)C(COP(O)(=S)O[C@@H]3C[C@@H](n4ccc(N)nc4=O)O[C@H]3CO)O2)c(=O)n1. The van der Waals surface area contributed by atoms with Gasteiger partial charge in [-0.3, -0.25) is 9.13 Å². The minimum absolute atomic E-state index is 0.0473. The molecule has 0 aromatic carbocycles. The number of nitrogens with zero attached hydrogens (tertiary/aromatic N) is 4. The quantitative estimate of drug-likeness (QED) is 0.237. The lowest BCUT2D eigenvalue weighted by Crippen LogP contribution is -2.29. The first-order valence-corrected chi connectivity index (χ1v) is 13.1. The molecule has 35 heavy (non-hydrogen) atoms. The molecule has 7 atom stereocenters. The van der Waals surface area contributed by atoms with E-state index < -0.39 is 61.6 Å². The van der Waals surface area contributed by atoms with Crippen LogP contribution in [0.4, 0.5) is 11.6 Å². The standard InChI is InChI=1S/C18H25N6O9PS/c19-13-1-3-23(17(27)21-13)15-5-9(26)12(32-15)8-30-34(29,35)33-10-6-16(31-11(10)7-25)24-4-2-14(20)22-18(24)28/h1-4,9-12,15-16,25-26H,5-8H2,(H,29,35)(H2,19,21,27)(H2,20,22,28)/t9?,10-,11+,12?,15?,16+,34?/m1/s1. The molecule has 2 aromatic heterocycles. The first-order chi connectivity index (χ1) is 16.6. The van der Waals surface area contributed by atoms with Crippen LogP contribution in [0.25, 0.3) is 0 Å². The molecule has 2 fully saturated rings. The van der Waals surface area contributed by atoms with E-state index in [9.17, 15) is 24.7 Å². The van der Waals surface area contributed by atoms with E-state index in [2.05, 4.69) is 9.97 Å². The minimum atomic E-state index is -3.89. The third-order valence-electron chi connectivity index (χ3n) is 5.56. The fraction of sp³-hybridized carbons (Fsp3) is 0.556. The van der Waals surface area contributed by atoms with E-state index in [0.29, 0.717) is 0 Å². The van der Waals surface area contributed by atoms with Crippen LogP contribution in [0.5, 0.6) is 0 Å². The van der Waals surface area contributed by atoms with Crippen molar-refractivity contribution in [3.63, 3.8) is 0 Å². The third-order valence-corrected chi connectivity index (χ3v) is 7.15. The van der Waals surface area contributed by atoms with Gasteiger partial charge >= 0.3 is 18.1 Å². The fourth-order valence-corrected chi connectivity index (χ4v) is 5.32. The van der Waals surface area contributed by atoms with Crippen molar-refractivity contribution in [2.24, 2.45) is 0 Å². The van der Waals surface area contributed by atoms with E-state index in [0.717, 1.165) is 0 Å². The van der Waals surface area contributed by atoms with Gasteiger partial charge in [0.1, 0.15) is 36.3 Å². The predicted molar refractivity (Wildman–Crippen MR) is 123 cm³/mol. The number of hydrogen-bond acceptors (Lipinski definition) is 13. The maximum absolute atomic E-state index is 12.1. The largest absolute Gasteiger partial charge is 0.394 e. The molecule has 2 aromatic rings. The third kappa shape index (κ3) is 5.94. The second-order valence-corrected chi connectivity index (χ2v) is 10.8. The Labute approximate surface area is 203 Å². The summed E-state index contributed by atoms with van der Waals surface area (Å²) in [5, 5.41) is 20.0. The van der Waals surface area contributed by atoms with Crippen molar-refractivity contribution in [2.75, 3.05) is 24.7 Å². The van der Waals surface area contributed by atoms with E-state index in [4.69, 9.17) is 41.8 Å². The lowest BCUT2D eigenvalue weighted by atomic mass is 10.2. The lowest BCUT2D eigenvalue weighted by Gasteiger charge is -2.24. The highest BCUT2D eigenvalue weighted by Crippen LogP contribution is 2.49. The summed E-state index contributed by atoms with van der Waals surface area (Å²) in [5.41, 5.74) is 9.70. The summed E-state index contributed by atoms with van der Waals surface area (Å²) in [5.74, 6) is 0.103. The molecule has 17 heteroatoms. The first kappa shape index (κ1) is 25.8. The zero-order valence-corrected chi connectivity index (χ0v) is 19.9. The summed E-state index contributed by atoms with van der Waals surface area (Å²) in [6.07, 6.45) is -2.44. The van der Waals surface area contributed by atoms with Crippen LogP contribution in [0.1, 0.15) is 25.3 Å². The Kier molecular flexibility index (Phi) is 7.65. The summed E-state index contributed by atoms with van der Waals surface area (Å²) in [4.78, 5) is 41.9. The molecule has 0 amide bonds. The van der Waals surface area contributed by atoms with E-state index >= 15 is 0 Å². The predicted octanol–water partition coefficient (Wildman–Crippen LogP) is -1.79. The van der Waals surface area contributed by atoms with Gasteiger partial charge < -0.3 is 45.1 Å². The van der Waals surface area contributed by atoms with Gasteiger partial charge in [-0.25, -0.2) is 9.59 Å². The highest BCUT2D eigenvalue weighted by atomic mass is 32.5. The van der Waals surface area contributed by atoms with E-state index in [1.54, 1.807) is 0 Å². The average molecular weight is 532 g/mol. The van der Waals surface area contributed by atoms with Gasteiger partial charge in [-0.15, -0.1) is 0 Å². The summed E-state index contributed by atoms with van der Waals surface area (Å²) in [6, 6.07) is 2.84. The van der Waals surface area contributed by atoms with Crippen molar-refractivity contribution in [1.29, 1.82) is 0 Å². The Morgan fingerprint density at radius 2 is 1.60 bits per heavy atom. The molecule has 192 valence electrons. The molecule has 0 saturated carbocycles. The fourth-order valence-electron chi connectivity index (χ4n) is 3.84. The Morgan fingerprint density at radius 3 is 2.14 bits per heavy atom. The number of aliphatic hydroxyl groups excluding tert-OH is 2. The number of aromatic nitrogens is 4. The van der Waals surface area contributed by atoms with Crippen molar-refractivity contribution in [3.05, 3.63) is 45.5 Å². The molecule has 2 saturated heterocycles. The van der Waals surface area contributed by atoms with Crippen molar-refractivity contribution in [3.8, 4) is 0 Å². The number of nitrogens with two attached hydrogens (primary N) is 2. The van der Waals surface area contributed by atoms with Crippen molar-refractivity contribution in [2.45, 2.75) is 49.7 Å². The van der Waals surface area contributed by atoms with Gasteiger partial charge in [0.15, 0.2) is 0 Å². The van der Waals surface area contributed by atoms with Gasteiger partial charge in [0.05, 0.1) is 25.4 Å². The van der Waals surface area contributed by atoms with Crippen LogP contribution in [0.3, 0.4) is 0 Å². The topological polar surface area (TPSA) is 219 Å². The van der Waals surface area contributed by atoms with Gasteiger partial charge in [-0.2, -0.15) is 9.97 Å². The van der Waals surface area contributed by atoms with Crippen LogP contribution in [0, 0.1) is 0 Å². The highest BCUT2D eigenvalue weighted by molar-refractivity contribution is 8.07. The van der Waals surface area contributed by atoms with Gasteiger partial charge in [0, 0.05) is 25.2 Å². The molecular weight excluding hydrogens is 507 g/mol. The maximum Gasteiger partial charge on any atom is 0.351 e. The van der Waals surface area contributed by atoms with E-state index in [1.807, 2.05) is 0 Å². The Hall–Kier alpha value is -2.27. The summed E-state index contributed by atoms with van der Waals surface area (Å²) >= 11 is 5.08. The van der Waals surface area contributed by atoms with Crippen LogP contribution in [-0.4, -0.2) is 71.8 Å². The lowest BCUT2D eigenvalue weighted by molar-refractivity contribution is -0.0530. The molecule has 0 spiro atoms. The molecule has 7 N–H and O–H groups in total. The van der Waals surface area contributed by atoms with Crippen molar-refractivity contribution in [1.82, 2.24) is 19.1 Å². The molecule has 4 rings (SSSR count). The molecule has 0 radical (unpaired) electrons. The molecule has 4 heterocycles. The number of nitrogen functional groups attached to an aromatic ring is 2. The summed E-state index contributed by atoms with van der Waals surface area (Å²) in [7, 11) is 0. The van der Waals surface area contributed by atoms with Gasteiger partial charge in [0.25, 0.3) is 0 Å². The molecule has 15 nitrogen and oxygen atoms in total. The van der Waals surface area contributed by atoms with Crippen molar-refractivity contribution < 1.29 is 33.6 Å². The Balaban J connectivity index is 1.36. The van der Waals surface area contributed by atoms with Crippen LogP contribution < -0.4 is 22.8 Å². The van der Waals surface area contributed by atoms with Gasteiger partial charge in [-0.1, -0.05) is 0 Å². The second kappa shape index (κ2) is 10.4. The normalized spacial score (nSPS) is 30.4. The van der Waals surface area contributed by atoms with Crippen LogP contribution >= 0.6 is 6.72 Å². The number of rotatable bonds is 8. The zero-order chi connectivity index (χ0) is 25.3. The minimum Gasteiger partial charge on any atom is -0.394 e. The van der Waals surface area contributed by atoms with Crippen LogP contribution in [0.15, 0.2) is 34.1 Å². The number of ether oxygens (including phenoxy) is 2. The molecule has 0 aliphatic carbocycles. The summed E-state index contributed by atoms with van der Waals surface area (Å²) < 4.78 is 24.6. The second-order valence-electron chi connectivity index (χ2n) is 7.97. The van der Waals surface area contributed by atoms with Crippen LogP contribution in [-0.2, 0) is 30.3 Å². The molecule has 2 aliphatic heterocycles. The zero-order valence-electron chi connectivity index (χ0n) is 18.2. The average Bonchev–Trinajstić information content (AvgIpc) is 3.34. The molecular formula is C18H25N6O9PS. The molecule has 2 aliphatic rings. The number of anilines is 2. The van der Waals surface area contributed by atoms with Gasteiger partial charge in [-0.05, 0) is 23.9 Å². The number of aliphatic hydroxyl groups is 2. The van der Waals surface area contributed by atoms with E-state index in [-0.39, 0.29) is 31.1 Å². The summed E-state index contributed by atoms with van der Waals surface area (Å²) in [6.45, 7) is -4.68. The van der Waals surface area contributed by atoms with Crippen molar-refractivity contribution >= 4 is 30.2 Å². The highest BCUT2D eigenvalue weighted by Gasteiger charge is 2.41. The van der Waals surface area contributed by atoms with Gasteiger partial charge in [0.2, 0.25) is 0 Å². The molecule has 0 bridgehead atoms. The molecule has 4 unspecified atom stereocenters. The first-order valence-electron chi connectivity index (χ1n) is 10.5. The monoisotopic (exact) mass is 532 g/mol. The maximum atomic E-state index is 12.1. The van der Waals surface area contributed by atoms with Crippen LogP contribution in [0.2, 0.25) is 0 Å². The Bertz CT molecular complexity index is 1230. The number of hydrogen-bond donors (Lipinski definition) is 5. The van der Waals surface area contributed by atoms with E-state index in [1.165, 1.54) is 33.7 Å². The Morgan fingerprint density at radius 1 is 1.06 bits per heavy atom.